The van der Waals surface area contributed by atoms with Gasteiger partial charge in [0.25, 0.3) is 0 Å². The fourth-order valence-corrected chi connectivity index (χ4v) is 1.77. The Labute approximate surface area is 85.7 Å². The van der Waals surface area contributed by atoms with E-state index in [0.29, 0.717) is 0 Å². The molecule has 1 nitrogen and oxygen atoms in total. The highest BCUT2D eigenvalue weighted by atomic mass is 32.1. The Bertz CT molecular complexity index is 322. The zero-order valence-corrected chi connectivity index (χ0v) is 8.90. The van der Waals surface area contributed by atoms with Crippen LogP contribution < -0.4 is 0 Å². The van der Waals surface area contributed by atoms with Crippen LogP contribution in [-0.4, -0.2) is 6.29 Å². The fraction of sp³-hybridized carbons (Fsp3) is 0.100. The average Bonchev–Trinajstić information content (AvgIpc) is 2.76. The highest BCUT2D eigenvalue weighted by molar-refractivity contribution is 7.11. The number of carbonyl (C=O) groups is 1. The lowest BCUT2D eigenvalue weighted by Gasteiger charge is -1.66. The van der Waals surface area contributed by atoms with E-state index in [-0.39, 0.29) is 0 Å². The molecule has 3 heteroatoms. The Balaban J connectivity index is 0.000000132. The highest BCUT2D eigenvalue weighted by Crippen LogP contribution is 2.04. The van der Waals surface area contributed by atoms with Crippen molar-refractivity contribution in [1.82, 2.24) is 0 Å². The van der Waals surface area contributed by atoms with Crippen molar-refractivity contribution in [1.29, 1.82) is 0 Å². The van der Waals surface area contributed by atoms with Crippen molar-refractivity contribution in [3.8, 4) is 0 Å². The Hall–Kier alpha value is -0.930. The third kappa shape index (κ3) is 4.01. The van der Waals surface area contributed by atoms with E-state index in [2.05, 4.69) is 24.4 Å². The Kier molecular flexibility index (Phi) is 4.43. The van der Waals surface area contributed by atoms with Crippen LogP contribution in [0.2, 0.25) is 0 Å². The summed E-state index contributed by atoms with van der Waals surface area (Å²) in [4.78, 5) is 12.1. The predicted octanol–water partition coefficient (Wildman–Crippen LogP) is 3.62. The Morgan fingerprint density at radius 3 is 2.08 bits per heavy atom. The molecule has 0 N–H and O–H groups in total. The maximum atomic E-state index is 9.88. The van der Waals surface area contributed by atoms with Crippen LogP contribution in [0, 0.1) is 6.92 Å². The van der Waals surface area contributed by atoms with E-state index in [0.717, 1.165) is 11.2 Å². The molecule has 2 heterocycles. The lowest BCUT2D eigenvalue weighted by atomic mass is 10.5. The van der Waals surface area contributed by atoms with E-state index in [1.807, 2.05) is 11.4 Å². The molecule has 0 saturated heterocycles. The molecule has 0 unspecified atom stereocenters. The number of carbonyl (C=O) groups excluding carboxylic acids is 1. The van der Waals surface area contributed by atoms with Crippen LogP contribution in [0.1, 0.15) is 14.5 Å². The summed E-state index contributed by atoms with van der Waals surface area (Å²) in [6, 6.07) is 7.80. The second kappa shape index (κ2) is 5.67. The molecule has 0 radical (unpaired) electrons. The maximum absolute atomic E-state index is 9.88. The van der Waals surface area contributed by atoms with Gasteiger partial charge in [-0.25, -0.2) is 0 Å². The number of hydrogen-bond donors (Lipinski definition) is 0. The normalized spacial score (nSPS) is 8.69. The lowest BCUT2D eigenvalue weighted by molar-refractivity contribution is 0.112. The van der Waals surface area contributed by atoms with Gasteiger partial charge in [-0.3, -0.25) is 4.79 Å². The standard InChI is InChI=1S/C5H4OS.C5H6S/c6-4-5-2-1-3-7-5;1-5-3-2-4-6-5/h1-4H;2-4H,1H3. The molecule has 0 saturated carbocycles. The monoisotopic (exact) mass is 210 g/mol. The molecule has 0 aliphatic carbocycles. The van der Waals surface area contributed by atoms with E-state index >= 15 is 0 Å². The largest absolute Gasteiger partial charge is 0.297 e. The molecule has 13 heavy (non-hydrogen) atoms. The van der Waals surface area contributed by atoms with Crippen LogP contribution in [0.25, 0.3) is 0 Å². The smallest absolute Gasteiger partial charge is 0.159 e. The lowest BCUT2D eigenvalue weighted by Crippen LogP contribution is -1.61. The summed E-state index contributed by atoms with van der Waals surface area (Å²) in [5.41, 5.74) is 0. The van der Waals surface area contributed by atoms with Crippen molar-refractivity contribution in [2.45, 2.75) is 6.92 Å². The number of hydrogen-bond acceptors (Lipinski definition) is 3. The summed E-state index contributed by atoms with van der Waals surface area (Å²) in [6.07, 6.45) is 0.852. The van der Waals surface area contributed by atoms with Crippen LogP contribution >= 0.6 is 22.7 Å². The van der Waals surface area contributed by atoms with Crippen LogP contribution in [0.15, 0.2) is 35.0 Å². The van der Waals surface area contributed by atoms with Gasteiger partial charge in [0.1, 0.15) is 0 Å². The summed E-state index contributed by atoms with van der Waals surface area (Å²) >= 11 is 3.23. The second-order valence-corrected chi connectivity index (χ2v) is 4.49. The van der Waals surface area contributed by atoms with Crippen molar-refractivity contribution in [2.75, 3.05) is 0 Å². The molecule has 2 aromatic rings. The average molecular weight is 210 g/mol. The minimum Gasteiger partial charge on any atom is -0.297 e. The third-order valence-electron chi connectivity index (χ3n) is 1.32. The van der Waals surface area contributed by atoms with Gasteiger partial charge in [-0.2, -0.15) is 0 Å². The van der Waals surface area contributed by atoms with Crippen molar-refractivity contribution in [3.05, 3.63) is 44.8 Å². The first-order chi connectivity index (χ1) is 6.33. The maximum Gasteiger partial charge on any atom is 0.159 e. The van der Waals surface area contributed by atoms with Crippen LogP contribution in [0.5, 0.6) is 0 Å². The molecule has 0 aliphatic rings. The van der Waals surface area contributed by atoms with Crippen LogP contribution in [0.4, 0.5) is 0 Å². The van der Waals surface area contributed by atoms with E-state index in [1.54, 1.807) is 17.4 Å². The van der Waals surface area contributed by atoms with Crippen molar-refractivity contribution in [3.63, 3.8) is 0 Å². The quantitative estimate of drug-likeness (QED) is 0.657. The first kappa shape index (κ1) is 10.2. The zero-order chi connectivity index (χ0) is 9.52. The van der Waals surface area contributed by atoms with E-state index in [1.165, 1.54) is 16.2 Å². The van der Waals surface area contributed by atoms with Gasteiger partial charge in [0.05, 0.1) is 4.88 Å². The molecule has 0 atom stereocenters. The Morgan fingerprint density at radius 2 is 1.85 bits per heavy atom. The van der Waals surface area contributed by atoms with Crippen molar-refractivity contribution < 1.29 is 4.79 Å². The van der Waals surface area contributed by atoms with Gasteiger partial charge in [0.2, 0.25) is 0 Å². The number of aryl methyl sites for hydroxylation is 1. The molecular formula is C10H10OS2. The van der Waals surface area contributed by atoms with Crippen LogP contribution in [-0.2, 0) is 0 Å². The molecule has 2 rings (SSSR count). The first-order valence-electron chi connectivity index (χ1n) is 3.81. The number of rotatable bonds is 1. The van der Waals surface area contributed by atoms with Crippen molar-refractivity contribution in [2.24, 2.45) is 0 Å². The van der Waals surface area contributed by atoms with Gasteiger partial charge < -0.3 is 0 Å². The molecular weight excluding hydrogens is 200 g/mol. The molecule has 0 spiro atoms. The molecule has 0 amide bonds. The van der Waals surface area contributed by atoms with E-state index in [9.17, 15) is 4.79 Å². The second-order valence-electron chi connectivity index (χ2n) is 2.36. The third-order valence-corrected chi connectivity index (χ3v) is 2.92. The molecule has 0 fully saturated rings. The molecule has 68 valence electrons. The predicted molar refractivity (Wildman–Crippen MR) is 58.8 cm³/mol. The molecule has 0 aromatic carbocycles. The van der Waals surface area contributed by atoms with Gasteiger partial charge in [-0.15, -0.1) is 22.7 Å². The first-order valence-corrected chi connectivity index (χ1v) is 5.57. The SMILES string of the molecule is Cc1cccs1.O=Cc1cccs1. The molecule has 0 bridgehead atoms. The van der Waals surface area contributed by atoms with Gasteiger partial charge in [0, 0.05) is 4.88 Å². The van der Waals surface area contributed by atoms with Crippen LogP contribution in [0.3, 0.4) is 0 Å². The minimum atomic E-state index is 0.792. The summed E-state index contributed by atoms with van der Waals surface area (Å²) in [7, 11) is 0. The zero-order valence-electron chi connectivity index (χ0n) is 7.27. The van der Waals surface area contributed by atoms with Crippen molar-refractivity contribution >= 4 is 29.0 Å². The molecule has 0 aliphatic heterocycles. The summed E-state index contributed by atoms with van der Waals surface area (Å²) < 4.78 is 0. The van der Waals surface area contributed by atoms with E-state index < -0.39 is 0 Å². The highest BCUT2D eigenvalue weighted by Gasteiger charge is 1.82. The topological polar surface area (TPSA) is 17.1 Å². The Morgan fingerprint density at radius 1 is 1.15 bits per heavy atom. The van der Waals surface area contributed by atoms with Gasteiger partial charge in [-0.1, -0.05) is 12.1 Å². The van der Waals surface area contributed by atoms with E-state index in [4.69, 9.17) is 0 Å². The number of thiophene rings is 2. The van der Waals surface area contributed by atoms with Gasteiger partial charge in [-0.05, 0) is 29.8 Å². The minimum absolute atomic E-state index is 0.792. The van der Waals surface area contributed by atoms with Gasteiger partial charge in [0.15, 0.2) is 6.29 Å². The summed E-state index contributed by atoms with van der Waals surface area (Å²) in [5.74, 6) is 0. The summed E-state index contributed by atoms with van der Waals surface area (Å²) in [5, 5.41) is 3.96. The number of aldehydes is 1. The summed E-state index contributed by atoms with van der Waals surface area (Å²) in [6.45, 7) is 2.10. The molecule has 2 aromatic heterocycles. The fourth-order valence-electron chi connectivity index (χ4n) is 0.719. The van der Waals surface area contributed by atoms with Gasteiger partial charge >= 0.3 is 0 Å².